The van der Waals surface area contributed by atoms with E-state index >= 15 is 0 Å². The van der Waals surface area contributed by atoms with Crippen LogP contribution in [0.1, 0.15) is 35.4 Å². The number of carbonyl (C=O) groups is 2. The quantitative estimate of drug-likeness (QED) is 0.576. The van der Waals surface area contributed by atoms with Gasteiger partial charge in [0.2, 0.25) is 0 Å². The van der Waals surface area contributed by atoms with Gasteiger partial charge in [-0.3, -0.25) is 4.79 Å². The molecule has 1 aliphatic heterocycles. The molecule has 2 rings (SSSR count). The third-order valence-corrected chi connectivity index (χ3v) is 2.85. The molecular formula is C12H15N3O2. The number of aromatic nitrogens is 2. The van der Waals surface area contributed by atoms with E-state index in [1.807, 2.05) is 6.92 Å². The number of rotatable bonds is 4. The minimum Gasteiger partial charge on any atom is -0.355 e. The lowest BCUT2D eigenvalue weighted by molar-refractivity contribution is -0.107. The summed E-state index contributed by atoms with van der Waals surface area (Å²) < 4.78 is 0. The van der Waals surface area contributed by atoms with Crippen LogP contribution in [0.5, 0.6) is 0 Å². The number of carbonyl (C=O) groups excluding carboxylic acids is 2. The first-order valence-electron chi connectivity index (χ1n) is 5.78. The Hall–Kier alpha value is -1.78. The number of nitrogens with zero attached hydrogens (tertiary/aromatic N) is 3. The van der Waals surface area contributed by atoms with Crippen LogP contribution in [0, 0.1) is 6.92 Å². The maximum absolute atomic E-state index is 11.7. The Morgan fingerprint density at radius 3 is 3.12 bits per heavy atom. The van der Waals surface area contributed by atoms with Gasteiger partial charge in [0.15, 0.2) is 5.78 Å². The fourth-order valence-corrected chi connectivity index (χ4v) is 1.96. The van der Waals surface area contributed by atoms with E-state index in [1.165, 1.54) is 0 Å². The summed E-state index contributed by atoms with van der Waals surface area (Å²) in [5, 5.41) is 0. The second-order valence-corrected chi connectivity index (χ2v) is 4.12. The van der Waals surface area contributed by atoms with Gasteiger partial charge in [-0.05, 0) is 13.3 Å². The molecule has 0 spiro atoms. The zero-order valence-electron chi connectivity index (χ0n) is 9.85. The second-order valence-electron chi connectivity index (χ2n) is 4.12. The van der Waals surface area contributed by atoms with Crippen LogP contribution in [0.4, 0.5) is 5.82 Å². The highest BCUT2D eigenvalue weighted by molar-refractivity contribution is 6.02. The summed E-state index contributed by atoms with van der Waals surface area (Å²) in [5.74, 6) is 1.49. The van der Waals surface area contributed by atoms with Crippen molar-refractivity contribution in [3.8, 4) is 0 Å². The highest BCUT2D eigenvalue weighted by atomic mass is 16.1. The zero-order valence-corrected chi connectivity index (χ0v) is 9.85. The molecule has 0 aromatic carbocycles. The van der Waals surface area contributed by atoms with Gasteiger partial charge >= 0.3 is 0 Å². The predicted octanol–water partition coefficient (Wildman–Crippen LogP) is 1.16. The summed E-state index contributed by atoms with van der Waals surface area (Å²) in [6, 6.07) is 0. The largest absolute Gasteiger partial charge is 0.355 e. The summed E-state index contributed by atoms with van der Waals surface area (Å²) in [6.45, 7) is 3.25. The first-order chi connectivity index (χ1) is 8.22. The number of Topliss-reactive ketones (excluding diaryl/α,β-unsaturated/α-hetero) is 1. The molecule has 0 amide bonds. The Morgan fingerprint density at radius 1 is 1.53 bits per heavy atom. The zero-order chi connectivity index (χ0) is 12.3. The lowest BCUT2D eigenvalue weighted by atomic mass is 10.1. The fraction of sp³-hybridized carbons (Fsp3) is 0.500. The topological polar surface area (TPSA) is 63.2 Å². The van der Waals surface area contributed by atoms with Crippen molar-refractivity contribution >= 4 is 17.9 Å². The van der Waals surface area contributed by atoms with Crippen LogP contribution in [-0.2, 0) is 4.79 Å². The van der Waals surface area contributed by atoms with Gasteiger partial charge in [-0.2, -0.15) is 0 Å². The standard InChI is InChI=1S/C12H15N3O2/c1-9-13-8-10-11(17)4-6-15(12(10)14-9)5-2-3-7-16/h7-8H,2-6H2,1H3. The van der Waals surface area contributed by atoms with E-state index in [2.05, 4.69) is 14.9 Å². The molecule has 5 heteroatoms. The molecule has 0 aliphatic carbocycles. The van der Waals surface area contributed by atoms with E-state index < -0.39 is 0 Å². The number of aryl methyl sites for hydroxylation is 1. The van der Waals surface area contributed by atoms with E-state index in [1.54, 1.807) is 6.20 Å². The molecular weight excluding hydrogens is 218 g/mol. The number of fused-ring (bicyclic) bond motifs is 1. The van der Waals surface area contributed by atoms with Crippen LogP contribution in [0.2, 0.25) is 0 Å². The minimum atomic E-state index is 0.103. The molecule has 17 heavy (non-hydrogen) atoms. The number of hydrogen-bond donors (Lipinski definition) is 0. The summed E-state index contributed by atoms with van der Waals surface area (Å²) >= 11 is 0. The van der Waals surface area contributed by atoms with E-state index in [4.69, 9.17) is 0 Å². The van der Waals surface area contributed by atoms with Crippen molar-refractivity contribution in [3.63, 3.8) is 0 Å². The molecule has 90 valence electrons. The van der Waals surface area contributed by atoms with Crippen molar-refractivity contribution in [2.75, 3.05) is 18.0 Å². The molecule has 1 aromatic heterocycles. The van der Waals surface area contributed by atoms with E-state index in [9.17, 15) is 9.59 Å². The second kappa shape index (κ2) is 5.03. The van der Waals surface area contributed by atoms with Crippen molar-refractivity contribution in [1.29, 1.82) is 0 Å². The molecule has 5 nitrogen and oxygen atoms in total. The molecule has 0 saturated carbocycles. The van der Waals surface area contributed by atoms with Crippen LogP contribution in [0.15, 0.2) is 6.20 Å². The SMILES string of the molecule is Cc1ncc2c(n1)N(CCCC=O)CCC2=O. The average molecular weight is 233 g/mol. The molecule has 1 aliphatic rings. The normalized spacial score (nSPS) is 14.6. The van der Waals surface area contributed by atoms with Crippen molar-refractivity contribution < 1.29 is 9.59 Å². The molecule has 0 fully saturated rings. The molecule has 1 aromatic rings. The maximum atomic E-state index is 11.7. The number of hydrogen-bond acceptors (Lipinski definition) is 5. The minimum absolute atomic E-state index is 0.103. The van der Waals surface area contributed by atoms with Crippen LogP contribution < -0.4 is 4.90 Å². The highest BCUT2D eigenvalue weighted by Crippen LogP contribution is 2.24. The Labute approximate surface area is 99.9 Å². The smallest absolute Gasteiger partial charge is 0.169 e. The molecule has 2 heterocycles. The van der Waals surface area contributed by atoms with Crippen molar-refractivity contribution in [2.24, 2.45) is 0 Å². The number of anilines is 1. The lowest BCUT2D eigenvalue weighted by Crippen LogP contribution is -2.34. The van der Waals surface area contributed by atoms with Gasteiger partial charge in [0.05, 0.1) is 5.56 Å². The summed E-state index contributed by atoms with van der Waals surface area (Å²) in [7, 11) is 0. The van der Waals surface area contributed by atoms with Gasteiger partial charge in [-0.25, -0.2) is 9.97 Å². The van der Waals surface area contributed by atoms with Crippen molar-refractivity contribution in [1.82, 2.24) is 9.97 Å². The van der Waals surface area contributed by atoms with Crippen molar-refractivity contribution in [2.45, 2.75) is 26.2 Å². The Morgan fingerprint density at radius 2 is 2.35 bits per heavy atom. The summed E-state index contributed by atoms with van der Waals surface area (Å²) in [5.41, 5.74) is 0.605. The monoisotopic (exact) mass is 233 g/mol. The molecule has 0 unspecified atom stereocenters. The molecule has 0 bridgehead atoms. The van der Waals surface area contributed by atoms with E-state index in [0.29, 0.717) is 30.8 Å². The molecule has 0 saturated heterocycles. The number of ketones is 1. The Balaban J connectivity index is 2.21. The van der Waals surface area contributed by atoms with E-state index in [0.717, 1.165) is 25.1 Å². The molecule has 0 radical (unpaired) electrons. The summed E-state index contributed by atoms with van der Waals surface area (Å²) in [6.07, 6.45) is 4.36. The van der Waals surface area contributed by atoms with Gasteiger partial charge in [0.1, 0.15) is 17.9 Å². The Bertz CT molecular complexity index is 445. The van der Waals surface area contributed by atoms with Gasteiger partial charge < -0.3 is 9.69 Å². The highest BCUT2D eigenvalue weighted by Gasteiger charge is 2.24. The Kier molecular flexibility index (Phi) is 3.46. The molecule has 0 N–H and O–H groups in total. The van der Waals surface area contributed by atoms with Crippen molar-refractivity contribution in [3.05, 3.63) is 17.6 Å². The third kappa shape index (κ3) is 2.49. The van der Waals surface area contributed by atoms with Crippen LogP contribution in [0.3, 0.4) is 0 Å². The summed E-state index contributed by atoms with van der Waals surface area (Å²) in [4.78, 5) is 32.5. The predicted molar refractivity (Wildman–Crippen MR) is 63.2 cm³/mol. The first-order valence-corrected chi connectivity index (χ1v) is 5.78. The van der Waals surface area contributed by atoms with Gasteiger partial charge in [-0.1, -0.05) is 0 Å². The lowest BCUT2D eigenvalue weighted by Gasteiger charge is -2.28. The average Bonchev–Trinajstić information content (AvgIpc) is 2.32. The van der Waals surface area contributed by atoms with E-state index in [-0.39, 0.29) is 5.78 Å². The first kappa shape index (κ1) is 11.7. The fourth-order valence-electron chi connectivity index (χ4n) is 1.96. The van der Waals surface area contributed by atoms with Gasteiger partial charge in [0, 0.05) is 32.1 Å². The van der Waals surface area contributed by atoms with Crippen LogP contribution >= 0.6 is 0 Å². The number of unbranched alkanes of at least 4 members (excludes halogenated alkanes) is 1. The van der Waals surface area contributed by atoms with Gasteiger partial charge in [-0.15, -0.1) is 0 Å². The molecule has 0 atom stereocenters. The number of aldehydes is 1. The third-order valence-electron chi connectivity index (χ3n) is 2.85. The van der Waals surface area contributed by atoms with Crippen LogP contribution in [-0.4, -0.2) is 35.1 Å². The van der Waals surface area contributed by atoms with Crippen LogP contribution in [0.25, 0.3) is 0 Å². The maximum Gasteiger partial charge on any atom is 0.169 e. The van der Waals surface area contributed by atoms with Gasteiger partial charge in [0.25, 0.3) is 0 Å².